The Morgan fingerprint density at radius 3 is 2.22 bits per heavy atom. The van der Waals surface area contributed by atoms with Crippen molar-refractivity contribution in [2.45, 2.75) is 37.5 Å². The van der Waals surface area contributed by atoms with Crippen molar-refractivity contribution in [3.8, 4) is 0 Å². The number of carbonyl (C=O) groups is 2. The van der Waals surface area contributed by atoms with Crippen molar-refractivity contribution in [2.24, 2.45) is 0 Å². The molecule has 1 aromatic rings. The lowest BCUT2D eigenvalue weighted by atomic mass is 10.1. The fourth-order valence-electron chi connectivity index (χ4n) is 1.96. The molecule has 0 aliphatic heterocycles. The van der Waals surface area contributed by atoms with E-state index in [1.54, 1.807) is 0 Å². The third-order valence-electron chi connectivity index (χ3n) is 3.03. The summed E-state index contributed by atoms with van der Waals surface area (Å²) < 4.78 is 37.2. The van der Waals surface area contributed by atoms with Crippen molar-refractivity contribution in [1.29, 1.82) is 0 Å². The van der Waals surface area contributed by atoms with Gasteiger partial charge in [0.25, 0.3) is 10.1 Å². The molecule has 8 nitrogen and oxygen atoms in total. The van der Waals surface area contributed by atoms with Gasteiger partial charge in [-0.05, 0) is 18.6 Å². The van der Waals surface area contributed by atoms with Crippen LogP contribution in [0.3, 0.4) is 0 Å². The van der Waals surface area contributed by atoms with E-state index in [2.05, 4.69) is 4.89 Å². The maximum atomic E-state index is 12.0. The van der Waals surface area contributed by atoms with E-state index >= 15 is 0 Å². The van der Waals surface area contributed by atoms with Gasteiger partial charge in [0, 0.05) is 0 Å². The average Bonchev–Trinajstić information content (AvgIpc) is 2.52. The third kappa shape index (κ3) is 5.31. The van der Waals surface area contributed by atoms with E-state index in [-0.39, 0.29) is 6.61 Å². The zero-order valence-electron chi connectivity index (χ0n) is 12.5. The highest BCUT2D eigenvalue weighted by molar-refractivity contribution is 7.86. The van der Waals surface area contributed by atoms with Crippen molar-refractivity contribution in [3.05, 3.63) is 29.3 Å². The summed E-state index contributed by atoms with van der Waals surface area (Å²) in [6.07, 6.45) is 3.45. The molecule has 0 fully saturated rings. The van der Waals surface area contributed by atoms with Crippen molar-refractivity contribution in [2.75, 3.05) is 6.61 Å². The standard InChI is InChI=1S/C14H18O8S/c1-2-3-4-5-9-21-13(15)10-7-6-8-11(14(16)22-17)12(10)23(18,19)20/h6-8,17H,2-5,9H2,1H3,(H,18,19,20). The van der Waals surface area contributed by atoms with Gasteiger partial charge in [-0.15, -0.1) is 0 Å². The van der Waals surface area contributed by atoms with Gasteiger partial charge in [0.15, 0.2) is 0 Å². The molecule has 23 heavy (non-hydrogen) atoms. The van der Waals surface area contributed by atoms with Crippen LogP contribution in [0.15, 0.2) is 23.1 Å². The number of benzene rings is 1. The van der Waals surface area contributed by atoms with Gasteiger partial charge in [-0.3, -0.25) is 9.44 Å². The molecule has 2 N–H and O–H groups in total. The largest absolute Gasteiger partial charge is 0.462 e. The van der Waals surface area contributed by atoms with Gasteiger partial charge >= 0.3 is 11.9 Å². The Kier molecular flexibility index (Phi) is 7.14. The molecule has 0 bridgehead atoms. The molecule has 0 amide bonds. The van der Waals surface area contributed by atoms with Crippen LogP contribution in [0.2, 0.25) is 0 Å². The van der Waals surface area contributed by atoms with Gasteiger partial charge in [-0.2, -0.15) is 13.7 Å². The molecule has 0 saturated heterocycles. The van der Waals surface area contributed by atoms with Crippen molar-refractivity contribution < 1.29 is 37.4 Å². The molecular formula is C14H18O8S. The molecule has 0 aromatic heterocycles. The minimum absolute atomic E-state index is 0.0818. The zero-order chi connectivity index (χ0) is 17.5. The number of hydrogen-bond acceptors (Lipinski definition) is 7. The van der Waals surface area contributed by atoms with E-state index in [0.717, 1.165) is 31.4 Å². The maximum absolute atomic E-state index is 12.0. The number of rotatable bonds is 8. The highest BCUT2D eigenvalue weighted by atomic mass is 32.2. The third-order valence-corrected chi connectivity index (χ3v) is 3.98. The minimum Gasteiger partial charge on any atom is -0.462 e. The SMILES string of the molecule is CCCCCCOC(=O)c1cccc(C(=O)OO)c1S(=O)(=O)O. The summed E-state index contributed by atoms with van der Waals surface area (Å²) >= 11 is 0. The number of carbonyl (C=O) groups excluding carboxylic acids is 2. The van der Waals surface area contributed by atoms with Gasteiger partial charge in [-0.25, -0.2) is 9.59 Å². The molecule has 0 unspecified atom stereocenters. The Balaban J connectivity index is 3.06. The summed E-state index contributed by atoms with van der Waals surface area (Å²) in [5.41, 5.74) is -1.18. The number of unbranched alkanes of at least 4 members (excludes halogenated alkanes) is 3. The average molecular weight is 346 g/mol. The molecule has 0 radical (unpaired) electrons. The van der Waals surface area contributed by atoms with Crippen molar-refractivity contribution >= 4 is 22.1 Å². The summed E-state index contributed by atoms with van der Waals surface area (Å²) in [6.45, 7) is 2.11. The van der Waals surface area contributed by atoms with Crippen LogP contribution in [0.1, 0.15) is 53.3 Å². The first-order chi connectivity index (χ1) is 10.8. The monoisotopic (exact) mass is 346 g/mol. The van der Waals surface area contributed by atoms with Crippen LogP contribution in [-0.2, 0) is 19.7 Å². The van der Waals surface area contributed by atoms with Crippen molar-refractivity contribution in [3.63, 3.8) is 0 Å². The Hall–Kier alpha value is -1.97. The van der Waals surface area contributed by atoms with Gasteiger partial charge in [0.1, 0.15) is 4.90 Å². The molecule has 0 heterocycles. The van der Waals surface area contributed by atoms with Crippen LogP contribution < -0.4 is 0 Å². The van der Waals surface area contributed by atoms with E-state index in [1.165, 1.54) is 6.07 Å². The first-order valence-electron chi connectivity index (χ1n) is 6.96. The van der Waals surface area contributed by atoms with Crippen molar-refractivity contribution in [1.82, 2.24) is 0 Å². The first kappa shape index (κ1) is 19.1. The second kappa shape index (κ2) is 8.61. The molecule has 0 atom stereocenters. The fraction of sp³-hybridized carbons (Fsp3) is 0.429. The van der Waals surface area contributed by atoms with E-state index in [1.807, 2.05) is 6.92 Å². The van der Waals surface area contributed by atoms with Gasteiger partial charge < -0.3 is 4.74 Å². The van der Waals surface area contributed by atoms with Gasteiger partial charge in [0.2, 0.25) is 0 Å². The van der Waals surface area contributed by atoms with Gasteiger partial charge in [0.05, 0.1) is 17.7 Å². The van der Waals surface area contributed by atoms with E-state index in [0.29, 0.717) is 6.42 Å². The lowest BCUT2D eigenvalue weighted by Gasteiger charge is -2.10. The Labute approximate surface area is 133 Å². The highest BCUT2D eigenvalue weighted by Crippen LogP contribution is 2.22. The van der Waals surface area contributed by atoms with E-state index in [9.17, 15) is 22.6 Å². The molecular weight excluding hydrogens is 328 g/mol. The molecule has 9 heteroatoms. The Morgan fingerprint density at radius 2 is 1.70 bits per heavy atom. The van der Waals surface area contributed by atoms with Crippen LogP contribution in [0.4, 0.5) is 0 Å². The Morgan fingerprint density at radius 1 is 1.09 bits per heavy atom. The number of ether oxygens (including phenoxy) is 1. The summed E-state index contributed by atoms with van der Waals surface area (Å²) in [5.74, 6) is -2.42. The maximum Gasteiger partial charge on any atom is 0.374 e. The first-order valence-corrected chi connectivity index (χ1v) is 8.40. The van der Waals surface area contributed by atoms with Crippen LogP contribution in [0.5, 0.6) is 0 Å². The smallest absolute Gasteiger partial charge is 0.374 e. The normalized spacial score (nSPS) is 11.1. The van der Waals surface area contributed by atoms with E-state index in [4.69, 9.17) is 9.99 Å². The van der Waals surface area contributed by atoms with Crippen LogP contribution >= 0.6 is 0 Å². The molecule has 0 saturated carbocycles. The number of hydrogen-bond donors (Lipinski definition) is 2. The predicted octanol–water partition coefficient (Wildman–Crippen LogP) is 2.30. The molecule has 0 aliphatic rings. The van der Waals surface area contributed by atoms with Crippen LogP contribution in [0.25, 0.3) is 0 Å². The second-order valence-electron chi connectivity index (χ2n) is 4.73. The lowest BCUT2D eigenvalue weighted by Crippen LogP contribution is -2.17. The summed E-state index contributed by atoms with van der Waals surface area (Å²) in [5, 5.41) is 8.39. The lowest BCUT2D eigenvalue weighted by molar-refractivity contribution is -0.183. The van der Waals surface area contributed by atoms with Crippen LogP contribution in [0, 0.1) is 0 Å². The van der Waals surface area contributed by atoms with Gasteiger partial charge in [-0.1, -0.05) is 32.3 Å². The molecule has 0 aliphatic carbocycles. The predicted molar refractivity (Wildman–Crippen MR) is 78.7 cm³/mol. The summed E-state index contributed by atoms with van der Waals surface area (Å²) in [7, 11) is -4.92. The summed E-state index contributed by atoms with van der Waals surface area (Å²) in [6, 6.07) is 3.28. The van der Waals surface area contributed by atoms with Crippen LogP contribution in [-0.4, -0.2) is 36.8 Å². The molecule has 1 rings (SSSR count). The molecule has 1 aromatic carbocycles. The quantitative estimate of drug-likeness (QED) is 0.241. The van der Waals surface area contributed by atoms with E-state index < -0.39 is 38.1 Å². The topological polar surface area (TPSA) is 127 Å². The second-order valence-corrected chi connectivity index (χ2v) is 6.09. The Bertz CT molecular complexity index is 665. The molecule has 0 spiro atoms. The number of esters is 1. The summed E-state index contributed by atoms with van der Waals surface area (Å²) in [4.78, 5) is 25.9. The fourth-order valence-corrected chi connectivity index (χ4v) is 2.82. The molecule has 128 valence electrons. The highest BCUT2D eigenvalue weighted by Gasteiger charge is 2.29. The zero-order valence-corrected chi connectivity index (χ0v) is 13.3. The minimum atomic E-state index is -4.92.